The maximum absolute atomic E-state index is 12.7. The van der Waals surface area contributed by atoms with Crippen LogP contribution in [0.2, 0.25) is 0 Å². The van der Waals surface area contributed by atoms with Crippen LogP contribution in [0.25, 0.3) is 0 Å². The number of hydrogen-bond acceptors (Lipinski definition) is 5. The van der Waals surface area contributed by atoms with Gasteiger partial charge in [0, 0.05) is 39.3 Å². The van der Waals surface area contributed by atoms with Gasteiger partial charge in [-0.2, -0.15) is 0 Å². The molecule has 6 heteroatoms. The lowest BCUT2D eigenvalue weighted by Crippen LogP contribution is -2.45. The molecule has 2 aromatic rings. The molecule has 0 N–H and O–H groups in total. The minimum absolute atomic E-state index is 0.0421. The zero-order valence-electron chi connectivity index (χ0n) is 16.5. The normalized spacial score (nSPS) is 20.8. The van der Waals surface area contributed by atoms with Gasteiger partial charge >= 0.3 is 0 Å². The van der Waals surface area contributed by atoms with Crippen molar-refractivity contribution in [2.75, 3.05) is 32.7 Å². The van der Waals surface area contributed by atoms with Crippen LogP contribution >= 0.6 is 0 Å². The number of benzene rings is 1. The first-order valence-corrected chi connectivity index (χ1v) is 10.1. The highest BCUT2D eigenvalue weighted by atomic mass is 16.3. The number of nitrogens with zero attached hydrogens (tertiary/aromatic N) is 4. The van der Waals surface area contributed by atoms with E-state index in [0.29, 0.717) is 24.7 Å². The second-order valence-electron chi connectivity index (χ2n) is 7.53. The largest absolute Gasteiger partial charge is 0.447 e. The van der Waals surface area contributed by atoms with Gasteiger partial charge in [-0.25, -0.2) is 4.98 Å². The van der Waals surface area contributed by atoms with Crippen molar-refractivity contribution in [3.8, 4) is 0 Å². The molecule has 0 bridgehead atoms. The van der Waals surface area contributed by atoms with Crippen molar-refractivity contribution < 1.29 is 9.21 Å². The number of amides is 1. The van der Waals surface area contributed by atoms with E-state index in [1.165, 1.54) is 11.8 Å². The standard InChI is InChI=1S/C22H28N4O2/c1-2-19-9-6-10-26(19)22(27)20-17-28-21(23-20)16-25-13-11-24(12-14-25)15-18-7-4-3-5-8-18/h3-9,17,19H,2,10-16H2,1H3. The predicted molar refractivity (Wildman–Crippen MR) is 108 cm³/mol. The maximum Gasteiger partial charge on any atom is 0.276 e. The van der Waals surface area contributed by atoms with Crippen LogP contribution in [0.4, 0.5) is 0 Å². The SMILES string of the molecule is CCC1C=CCN1C(=O)c1coc(CN2CCN(Cc3ccccc3)CC2)n1. The van der Waals surface area contributed by atoms with Crippen LogP contribution in [0, 0.1) is 0 Å². The molecule has 0 aliphatic carbocycles. The van der Waals surface area contributed by atoms with Crippen molar-refractivity contribution >= 4 is 5.91 Å². The van der Waals surface area contributed by atoms with E-state index >= 15 is 0 Å². The van der Waals surface area contributed by atoms with Gasteiger partial charge < -0.3 is 9.32 Å². The van der Waals surface area contributed by atoms with Gasteiger partial charge in [0.2, 0.25) is 5.89 Å². The van der Waals surface area contributed by atoms with Crippen LogP contribution in [0.3, 0.4) is 0 Å². The molecule has 1 aromatic heterocycles. The summed E-state index contributed by atoms with van der Waals surface area (Å²) in [6.07, 6.45) is 6.56. The summed E-state index contributed by atoms with van der Waals surface area (Å²) in [5.74, 6) is 0.583. The molecule has 0 saturated carbocycles. The number of rotatable bonds is 6. The Hall–Kier alpha value is -2.44. The molecule has 2 aliphatic rings. The summed E-state index contributed by atoms with van der Waals surface area (Å²) in [6.45, 7) is 8.41. The minimum atomic E-state index is -0.0421. The zero-order chi connectivity index (χ0) is 19.3. The molecular formula is C22H28N4O2. The topological polar surface area (TPSA) is 52.8 Å². The van der Waals surface area contributed by atoms with Gasteiger partial charge in [0.05, 0.1) is 12.6 Å². The lowest BCUT2D eigenvalue weighted by molar-refractivity contribution is 0.0741. The molecule has 4 rings (SSSR count). The molecule has 1 atom stereocenters. The van der Waals surface area contributed by atoms with Crippen LogP contribution in [0.1, 0.15) is 35.3 Å². The molecule has 0 spiro atoms. The van der Waals surface area contributed by atoms with Gasteiger partial charge in [-0.3, -0.25) is 14.6 Å². The van der Waals surface area contributed by atoms with E-state index in [4.69, 9.17) is 4.42 Å². The Balaban J connectivity index is 1.27. The Morgan fingerprint density at radius 1 is 1.11 bits per heavy atom. The smallest absolute Gasteiger partial charge is 0.276 e. The number of hydrogen-bond donors (Lipinski definition) is 0. The van der Waals surface area contributed by atoms with E-state index in [1.807, 2.05) is 11.0 Å². The van der Waals surface area contributed by atoms with Gasteiger partial charge in [0.25, 0.3) is 5.91 Å². The fourth-order valence-electron chi connectivity index (χ4n) is 3.93. The fourth-order valence-corrected chi connectivity index (χ4v) is 3.93. The summed E-state index contributed by atoms with van der Waals surface area (Å²) in [4.78, 5) is 23.8. The van der Waals surface area contributed by atoms with E-state index in [1.54, 1.807) is 0 Å². The Morgan fingerprint density at radius 3 is 2.54 bits per heavy atom. The summed E-state index contributed by atoms with van der Waals surface area (Å²) in [6, 6.07) is 10.8. The van der Waals surface area contributed by atoms with Crippen molar-refractivity contribution in [3.63, 3.8) is 0 Å². The quantitative estimate of drug-likeness (QED) is 0.722. The van der Waals surface area contributed by atoms with Crippen LogP contribution in [0.15, 0.2) is 53.2 Å². The Bertz CT molecular complexity index is 809. The minimum Gasteiger partial charge on any atom is -0.447 e. The lowest BCUT2D eigenvalue weighted by atomic mass is 10.2. The molecule has 3 heterocycles. The second-order valence-corrected chi connectivity index (χ2v) is 7.53. The first kappa shape index (κ1) is 18.9. The molecule has 0 radical (unpaired) electrons. The summed E-state index contributed by atoms with van der Waals surface area (Å²) < 4.78 is 5.61. The van der Waals surface area contributed by atoms with Gasteiger partial charge in [0.15, 0.2) is 5.69 Å². The van der Waals surface area contributed by atoms with Crippen LogP contribution in [0.5, 0.6) is 0 Å². The van der Waals surface area contributed by atoms with E-state index < -0.39 is 0 Å². The van der Waals surface area contributed by atoms with E-state index in [9.17, 15) is 4.79 Å². The number of carbonyl (C=O) groups excluding carboxylic acids is 1. The summed E-state index contributed by atoms with van der Waals surface area (Å²) in [5.41, 5.74) is 1.77. The average molecular weight is 380 g/mol. The Kier molecular flexibility index (Phi) is 5.88. The van der Waals surface area contributed by atoms with E-state index in [0.717, 1.165) is 39.1 Å². The van der Waals surface area contributed by atoms with Gasteiger partial charge in [-0.1, -0.05) is 49.4 Å². The third-order valence-corrected chi connectivity index (χ3v) is 5.58. The molecule has 1 amide bonds. The Labute approximate surface area is 166 Å². The van der Waals surface area contributed by atoms with Crippen molar-refractivity contribution in [1.82, 2.24) is 19.7 Å². The lowest BCUT2D eigenvalue weighted by Gasteiger charge is -2.34. The molecule has 6 nitrogen and oxygen atoms in total. The molecule has 1 saturated heterocycles. The van der Waals surface area contributed by atoms with Crippen LogP contribution in [-0.2, 0) is 13.1 Å². The summed E-state index contributed by atoms with van der Waals surface area (Å²) >= 11 is 0. The van der Waals surface area contributed by atoms with E-state index in [-0.39, 0.29) is 11.9 Å². The van der Waals surface area contributed by atoms with Crippen molar-refractivity contribution in [2.24, 2.45) is 0 Å². The first-order valence-electron chi connectivity index (χ1n) is 10.1. The van der Waals surface area contributed by atoms with Gasteiger partial charge in [-0.15, -0.1) is 0 Å². The average Bonchev–Trinajstić information content (AvgIpc) is 3.39. The Morgan fingerprint density at radius 2 is 1.82 bits per heavy atom. The third kappa shape index (κ3) is 4.34. The van der Waals surface area contributed by atoms with Crippen molar-refractivity contribution in [3.05, 3.63) is 65.9 Å². The molecule has 1 aromatic carbocycles. The van der Waals surface area contributed by atoms with E-state index in [2.05, 4.69) is 58.1 Å². The fraction of sp³-hybridized carbons (Fsp3) is 0.455. The predicted octanol–water partition coefficient (Wildman–Crippen LogP) is 2.78. The highest BCUT2D eigenvalue weighted by Crippen LogP contribution is 2.17. The maximum atomic E-state index is 12.7. The molecule has 2 aliphatic heterocycles. The number of piperazine rings is 1. The molecular weight excluding hydrogens is 352 g/mol. The van der Waals surface area contributed by atoms with Crippen LogP contribution < -0.4 is 0 Å². The zero-order valence-corrected chi connectivity index (χ0v) is 16.5. The summed E-state index contributed by atoms with van der Waals surface area (Å²) in [5, 5.41) is 0. The number of oxazole rings is 1. The summed E-state index contributed by atoms with van der Waals surface area (Å²) in [7, 11) is 0. The van der Waals surface area contributed by atoms with Crippen LogP contribution in [-0.4, -0.2) is 64.4 Å². The number of aromatic nitrogens is 1. The van der Waals surface area contributed by atoms with Gasteiger partial charge in [0.1, 0.15) is 6.26 Å². The number of carbonyl (C=O) groups is 1. The monoisotopic (exact) mass is 380 g/mol. The molecule has 1 unspecified atom stereocenters. The third-order valence-electron chi connectivity index (χ3n) is 5.58. The highest BCUT2D eigenvalue weighted by molar-refractivity contribution is 5.92. The van der Waals surface area contributed by atoms with Crippen molar-refractivity contribution in [1.29, 1.82) is 0 Å². The van der Waals surface area contributed by atoms with Crippen molar-refractivity contribution in [2.45, 2.75) is 32.5 Å². The molecule has 28 heavy (non-hydrogen) atoms. The van der Waals surface area contributed by atoms with Gasteiger partial charge in [-0.05, 0) is 12.0 Å². The first-order chi connectivity index (χ1) is 13.7. The molecule has 148 valence electrons. The second kappa shape index (κ2) is 8.71. The highest BCUT2D eigenvalue weighted by Gasteiger charge is 2.27. The molecule has 1 fully saturated rings.